The van der Waals surface area contributed by atoms with Gasteiger partial charge in [0, 0.05) is 0 Å². The summed E-state index contributed by atoms with van der Waals surface area (Å²) in [5, 5.41) is 0. The lowest BCUT2D eigenvalue weighted by molar-refractivity contribution is 0.0547. The van der Waals surface area contributed by atoms with E-state index in [1.54, 1.807) is 0 Å². The average Bonchev–Trinajstić information content (AvgIpc) is 2.01. The van der Waals surface area contributed by atoms with E-state index in [-0.39, 0.29) is 11.3 Å². The van der Waals surface area contributed by atoms with Crippen LogP contribution in [0.15, 0.2) is 0 Å². The van der Waals surface area contributed by atoms with Crippen LogP contribution in [-0.4, -0.2) is 12.5 Å². The van der Waals surface area contributed by atoms with Crippen molar-refractivity contribution in [3.63, 3.8) is 0 Å². The molecular weight excluding hydrogens is 172 g/mol. The van der Waals surface area contributed by atoms with Crippen LogP contribution in [0.4, 0.5) is 8.78 Å². The number of nitrogens with two attached hydrogens (primary N) is 1. The minimum Gasteiger partial charge on any atom is -0.323 e. The first-order valence-corrected chi connectivity index (χ1v) is 4.96. The van der Waals surface area contributed by atoms with Gasteiger partial charge in [0.1, 0.15) is 0 Å². The van der Waals surface area contributed by atoms with Crippen LogP contribution in [-0.2, 0) is 0 Å². The summed E-state index contributed by atoms with van der Waals surface area (Å²) in [7, 11) is 0. The van der Waals surface area contributed by atoms with Crippen molar-refractivity contribution >= 4 is 0 Å². The second-order valence-corrected chi connectivity index (χ2v) is 4.93. The zero-order valence-electron chi connectivity index (χ0n) is 8.39. The zero-order chi connectivity index (χ0) is 10.1. The Labute approximate surface area is 78.7 Å². The summed E-state index contributed by atoms with van der Waals surface area (Å²) in [6.45, 7) is 4.27. The van der Waals surface area contributed by atoms with Gasteiger partial charge in [0.05, 0.1) is 6.04 Å². The molecule has 1 nitrogen and oxygen atoms in total. The van der Waals surface area contributed by atoms with Gasteiger partial charge in [-0.25, -0.2) is 8.78 Å². The van der Waals surface area contributed by atoms with E-state index in [1.807, 2.05) is 0 Å². The standard InChI is InChI=1S/C10H19F2N/c1-10(2)5-3-4-7(6-10)8(13)9(11)12/h7-9H,3-6,13H2,1-2H3. The molecule has 3 heteroatoms. The predicted molar refractivity (Wildman–Crippen MR) is 49.7 cm³/mol. The summed E-state index contributed by atoms with van der Waals surface area (Å²) in [6, 6.07) is -0.917. The number of halogens is 2. The van der Waals surface area contributed by atoms with E-state index < -0.39 is 12.5 Å². The van der Waals surface area contributed by atoms with Gasteiger partial charge in [0.2, 0.25) is 0 Å². The Morgan fingerprint density at radius 2 is 2.00 bits per heavy atom. The maximum atomic E-state index is 12.3. The highest BCUT2D eigenvalue weighted by atomic mass is 19.3. The third-order valence-corrected chi connectivity index (χ3v) is 3.08. The summed E-state index contributed by atoms with van der Waals surface area (Å²) in [4.78, 5) is 0. The predicted octanol–water partition coefficient (Wildman–Crippen LogP) is 2.80. The third kappa shape index (κ3) is 2.90. The molecule has 0 bridgehead atoms. The molecule has 0 aromatic carbocycles. The molecule has 0 amide bonds. The largest absolute Gasteiger partial charge is 0.323 e. The SMILES string of the molecule is CC1(C)CCCC(C(N)C(F)F)C1. The van der Waals surface area contributed by atoms with Crippen molar-refractivity contribution in [3.05, 3.63) is 0 Å². The molecule has 0 heterocycles. The lowest BCUT2D eigenvalue weighted by Crippen LogP contribution is -2.41. The summed E-state index contributed by atoms with van der Waals surface area (Å²) in [5.74, 6) is 0.0174. The van der Waals surface area contributed by atoms with E-state index >= 15 is 0 Å². The van der Waals surface area contributed by atoms with Crippen LogP contribution in [0.1, 0.15) is 39.5 Å². The minimum absolute atomic E-state index is 0.0174. The van der Waals surface area contributed by atoms with Crippen molar-refractivity contribution in [1.29, 1.82) is 0 Å². The van der Waals surface area contributed by atoms with E-state index in [0.29, 0.717) is 0 Å². The van der Waals surface area contributed by atoms with E-state index in [4.69, 9.17) is 5.73 Å². The maximum Gasteiger partial charge on any atom is 0.253 e. The van der Waals surface area contributed by atoms with Crippen LogP contribution in [0.25, 0.3) is 0 Å². The minimum atomic E-state index is -2.36. The molecule has 2 unspecified atom stereocenters. The van der Waals surface area contributed by atoms with Gasteiger partial charge in [0.15, 0.2) is 0 Å². The van der Waals surface area contributed by atoms with Gasteiger partial charge in [0.25, 0.3) is 6.43 Å². The summed E-state index contributed by atoms with van der Waals surface area (Å²) < 4.78 is 24.7. The quantitative estimate of drug-likeness (QED) is 0.713. The van der Waals surface area contributed by atoms with E-state index in [1.165, 1.54) is 0 Å². The van der Waals surface area contributed by atoms with Crippen molar-refractivity contribution in [1.82, 2.24) is 0 Å². The molecule has 2 atom stereocenters. The Kier molecular flexibility index (Phi) is 3.28. The third-order valence-electron chi connectivity index (χ3n) is 3.08. The van der Waals surface area contributed by atoms with Crippen molar-refractivity contribution < 1.29 is 8.78 Å². The maximum absolute atomic E-state index is 12.3. The normalized spacial score (nSPS) is 30.5. The molecule has 0 spiro atoms. The highest BCUT2D eigenvalue weighted by molar-refractivity contribution is 4.85. The first-order valence-electron chi connectivity index (χ1n) is 4.96. The molecule has 2 N–H and O–H groups in total. The first kappa shape index (κ1) is 10.9. The number of hydrogen-bond donors (Lipinski definition) is 1. The molecule has 0 radical (unpaired) electrons. The number of alkyl halides is 2. The Morgan fingerprint density at radius 1 is 1.38 bits per heavy atom. The fraction of sp³-hybridized carbons (Fsp3) is 1.00. The van der Waals surface area contributed by atoms with Gasteiger partial charge >= 0.3 is 0 Å². The molecule has 0 aromatic heterocycles. The van der Waals surface area contributed by atoms with Gasteiger partial charge in [-0.05, 0) is 30.6 Å². The first-order chi connectivity index (χ1) is 5.92. The molecule has 1 aliphatic rings. The average molecular weight is 191 g/mol. The van der Waals surface area contributed by atoms with E-state index in [0.717, 1.165) is 25.7 Å². The van der Waals surface area contributed by atoms with Crippen LogP contribution >= 0.6 is 0 Å². The molecule has 0 aliphatic heterocycles. The topological polar surface area (TPSA) is 26.0 Å². The van der Waals surface area contributed by atoms with E-state index in [9.17, 15) is 8.78 Å². The summed E-state index contributed by atoms with van der Waals surface area (Å²) in [5.41, 5.74) is 5.67. The summed E-state index contributed by atoms with van der Waals surface area (Å²) in [6.07, 6.45) is 1.53. The molecule has 1 aliphatic carbocycles. The zero-order valence-corrected chi connectivity index (χ0v) is 8.39. The van der Waals surface area contributed by atoms with Gasteiger partial charge in [-0.3, -0.25) is 0 Å². The smallest absolute Gasteiger partial charge is 0.253 e. The van der Waals surface area contributed by atoms with Crippen LogP contribution in [0.5, 0.6) is 0 Å². The van der Waals surface area contributed by atoms with Crippen LogP contribution in [0.3, 0.4) is 0 Å². The fourth-order valence-corrected chi connectivity index (χ4v) is 2.29. The molecule has 13 heavy (non-hydrogen) atoms. The highest BCUT2D eigenvalue weighted by Crippen LogP contribution is 2.40. The second-order valence-electron chi connectivity index (χ2n) is 4.93. The molecule has 1 rings (SSSR count). The molecule has 78 valence electrons. The highest BCUT2D eigenvalue weighted by Gasteiger charge is 2.34. The van der Waals surface area contributed by atoms with E-state index in [2.05, 4.69) is 13.8 Å². The lowest BCUT2D eigenvalue weighted by Gasteiger charge is -2.37. The monoisotopic (exact) mass is 191 g/mol. The Morgan fingerprint density at radius 3 is 2.46 bits per heavy atom. The molecule has 1 fully saturated rings. The van der Waals surface area contributed by atoms with Crippen LogP contribution in [0.2, 0.25) is 0 Å². The van der Waals surface area contributed by atoms with Crippen molar-refractivity contribution in [2.75, 3.05) is 0 Å². The Bertz CT molecular complexity index is 168. The van der Waals surface area contributed by atoms with Gasteiger partial charge in [-0.1, -0.05) is 20.3 Å². The van der Waals surface area contributed by atoms with Gasteiger partial charge in [-0.2, -0.15) is 0 Å². The molecule has 1 saturated carbocycles. The van der Waals surface area contributed by atoms with Crippen molar-refractivity contribution in [2.24, 2.45) is 17.1 Å². The van der Waals surface area contributed by atoms with Crippen LogP contribution < -0.4 is 5.73 Å². The fourth-order valence-electron chi connectivity index (χ4n) is 2.29. The lowest BCUT2D eigenvalue weighted by atomic mass is 9.70. The Hall–Kier alpha value is -0.180. The second kappa shape index (κ2) is 3.91. The van der Waals surface area contributed by atoms with Gasteiger partial charge < -0.3 is 5.73 Å². The summed E-state index contributed by atoms with van der Waals surface area (Å²) >= 11 is 0. The Balaban J connectivity index is 2.51. The van der Waals surface area contributed by atoms with Gasteiger partial charge in [-0.15, -0.1) is 0 Å². The van der Waals surface area contributed by atoms with Crippen LogP contribution in [0, 0.1) is 11.3 Å². The molecular formula is C10H19F2N. The van der Waals surface area contributed by atoms with Crippen molar-refractivity contribution in [2.45, 2.75) is 52.0 Å². The van der Waals surface area contributed by atoms with Crippen molar-refractivity contribution in [3.8, 4) is 0 Å². The molecule has 0 saturated heterocycles. The molecule has 0 aromatic rings. The number of rotatable bonds is 2. The number of hydrogen-bond acceptors (Lipinski definition) is 1.